The number of aromatic nitrogens is 3. The van der Waals surface area contributed by atoms with Crippen LogP contribution in [-0.4, -0.2) is 31.3 Å². The van der Waals surface area contributed by atoms with Crippen molar-refractivity contribution in [1.29, 1.82) is 0 Å². The van der Waals surface area contributed by atoms with E-state index in [0.717, 1.165) is 4.68 Å². The van der Waals surface area contributed by atoms with Crippen molar-refractivity contribution in [3.8, 4) is 11.5 Å². The van der Waals surface area contributed by atoms with Crippen LogP contribution in [0.4, 0.5) is 0 Å². The zero-order valence-electron chi connectivity index (χ0n) is 9.86. The highest BCUT2D eigenvalue weighted by Crippen LogP contribution is 2.23. The first-order chi connectivity index (χ1) is 8.99. The highest BCUT2D eigenvalue weighted by Gasteiger charge is 2.02. The van der Waals surface area contributed by atoms with Crippen LogP contribution >= 0.6 is 12.2 Å². The van der Waals surface area contributed by atoms with Gasteiger partial charge in [-0.05, 0) is 42.9 Å². The topological polar surface area (TPSA) is 104 Å². The largest absolute Gasteiger partial charge is 0.504 e. The van der Waals surface area contributed by atoms with Crippen molar-refractivity contribution in [2.24, 2.45) is 5.10 Å². The molecule has 0 spiro atoms. The molecule has 0 aliphatic rings. The maximum atomic E-state index is 11.7. The molecule has 0 atom stereocenters. The molecule has 0 aliphatic heterocycles. The van der Waals surface area contributed by atoms with Gasteiger partial charge in [0.2, 0.25) is 4.77 Å². The van der Waals surface area contributed by atoms with Crippen molar-refractivity contribution >= 4 is 18.4 Å². The lowest BCUT2D eigenvalue weighted by molar-refractivity contribution is 0.403. The monoisotopic (exact) mass is 278 g/mol. The molecule has 0 aliphatic carbocycles. The summed E-state index contributed by atoms with van der Waals surface area (Å²) in [6.07, 6.45) is 1.34. The van der Waals surface area contributed by atoms with E-state index in [0.29, 0.717) is 5.56 Å². The highest BCUT2D eigenvalue weighted by atomic mass is 32.1. The molecule has 2 rings (SSSR count). The second kappa shape index (κ2) is 5.02. The summed E-state index contributed by atoms with van der Waals surface area (Å²) in [5, 5.41) is 28.6. The molecule has 0 amide bonds. The van der Waals surface area contributed by atoms with Crippen LogP contribution in [0.15, 0.2) is 28.1 Å². The van der Waals surface area contributed by atoms with E-state index in [-0.39, 0.29) is 22.0 Å². The fourth-order valence-electron chi connectivity index (χ4n) is 1.32. The molecule has 1 aromatic heterocycles. The Balaban J connectivity index is 2.43. The molecule has 0 unspecified atom stereocenters. The lowest BCUT2D eigenvalue weighted by Crippen LogP contribution is -2.22. The number of hydrogen-bond acceptors (Lipinski definition) is 6. The quantitative estimate of drug-likeness (QED) is 0.430. The first-order valence-corrected chi connectivity index (χ1v) is 5.64. The standard InChI is InChI=1S/C11H10N4O3S/c1-6-10(18)15(11(19)14-13-6)12-5-7-2-3-8(16)9(17)4-7/h2-5,16-17H,1H3,(H,14,19)/b12-5+. The number of hydrogen-bond donors (Lipinski definition) is 3. The minimum Gasteiger partial charge on any atom is -0.504 e. The lowest BCUT2D eigenvalue weighted by atomic mass is 10.2. The summed E-state index contributed by atoms with van der Waals surface area (Å²) in [4.78, 5) is 11.7. The average molecular weight is 278 g/mol. The van der Waals surface area contributed by atoms with Crippen molar-refractivity contribution in [3.63, 3.8) is 0 Å². The number of aryl methyl sites for hydroxylation is 1. The molecule has 0 saturated heterocycles. The van der Waals surface area contributed by atoms with Crippen LogP contribution in [0.3, 0.4) is 0 Å². The summed E-state index contributed by atoms with van der Waals surface area (Å²) in [6, 6.07) is 4.16. The Hall–Kier alpha value is -2.48. The third-order valence-corrected chi connectivity index (χ3v) is 2.60. The molecular weight excluding hydrogens is 268 g/mol. The van der Waals surface area contributed by atoms with Gasteiger partial charge >= 0.3 is 0 Å². The van der Waals surface area contributed by atoms with Crippen LogP contribution in [0.1, 0.15) is 11.3 Å². The zero-order chi connectivity index (χ0) is 14.0. The number of nitrogens with one attached hydrogen (secondary N) is 1. The van der Waals surface area contributed by atoms with Crippen LogP contribution in [0.2, 0.25) is 0 Å². The summed E-state index contributed by atoms with van der Waals surface area (Å²) < 4.78 is 1.05. The maximum absolute atomic E-state index is 11.7. The van der Waals surface area contributed by atoms with Crippen molar-refractivity contribution < 1.29 is 10.2 Å². The van der Waals surface area contributed by atoms with Crippen LogP contribution < -0.4 is 5.56 Å². The Morgan fingerprint density at radius 2 is 2.16 bits per heavy atom. The van der Waals surface area contributed by atoms with E-state index >= 15 is 0 Å². The number of aromatic amines is 1. The number of H-pyrrole nitrogens is 1. The van der Waals surface area contributed by atoms with Gasteiger partial charge in [-0.2, -0.15) is 14.9 Å². The van der Waals surface area contributed by atoms with Crippen molar-refractivity contribution in [2.75, 3.05) is 0 Å². The van der Waals surface area contributed by atoms with Gasteiger partial charge in [0.15, 0.2) is 11.5 Å². The molecule has 98 valence electrons. The first-order valence-electron chi connectivity index (χ1n) is 5.23. The average Bonchev–Trinajstić information content (AvgIpc) is 2.38. The van der Waals surface area contributed by atoms with Gasteiger partial charge in [-0.15, -0.1) is 0 Å². The molecule has 1 heterocycles. The highest BCUT2D eigenvalue weighted by molar-refractivity contribution is 7.71. The molecule has 1 aromatic carbocycles. The summed E-state index contributed by atoms with van der Waals surface area (Å²) in [5.41, 5.74) is 0.313. The first kappa shape index (κ1) is 13.0. The zero-order valence-corrected chi connectivity index (χ0v) is 10.7. The fraction of sp³-hybridized carbons (Fsp3) is 0.0909. The van der Waals surface area contributed by atoms with Crippen LogP contribution in [0.25, 0.3) is 0 Å². The van der Waals surface area contributed by atoms with E-state index in [1.165, 1.54) is 31.3 Å². The molecule has 19 heavy (non-hydrogen) atoms. The Morgan fingerprint density at radius 1 is 1.42 bits per heavy atom. The molecule has 8 heteroatoms. The van der Waals surface area contributed by atoms with Gasteiger partial charge in [0.05, 0.1) is 6.21 Å². The molecule has 7 nitrogen and oxygen atoms in total. The van der Waals surface area contributed by atoms with E-state index in [1.807, 2.05) is 0 Å². The van der Waals surface area contributed by atoms with E-state index in [9.17, 15) is 15.0 Å². The van der Waals surface area contributed by atoms with Gasteiger partial charge in [0.25, 0.3) is 5.56 Å². The Morgan fingerprint density at radius 3 is 2.84 bits per heavy atom. The van der Waals surface area contributed by atoms with Gasteiger partial charge in [-0.1, -0.05) is 0 Å². The predicted molar refractivity (Wildman–Crippen MR) is 71.2 cm³/mol. The molecule has 0 saturated carbocycles. The molecule has 3 N–H and O–H groups in total. The molecular formula is C11H10N4O3S. The van der Waals surface area contributed by atoms with E-state index in [2.05, 4.69) is 15.3 Å². The van der Waals surface area contributed by atoms with Crippen LogP contribution in [-0.2, 0) is 0 Å². The number of aromatic hydroxyl groups is 2. The number of nitrogens with zero attached hydrogens (tertiary/aromatic N) is 3. The molecule has 0 fully saturated rings. The lowest BCUT2D eigenvalue weighted by Gasteiger charge is -2.00. The second-order valence-electron chi connectivity index (χ2n) is 3.72. The Bertz CT molecular complexity index is 763. The van der Waals surface area contributed by atoms with Gasteiger partial charge < -0.3 is 10.2 Å². The fourth-order valence-corrected chi connectivity index (χ4v) is 1.50. The molecule has 0 bridgehead atoms. The third-order valence-electron chi connectivity index (χ3n) is 2.34. The normalized spacial score (nSPS) is 11.0. The predicted octanol–water partition coefficient (Wildman–Crippen LogP) is 0.903. The number of phenols is 2. The minimum atomic E-state index is -0.428. The summed E-state index contributed by atoms with van der Waals surface area (Å²) in [6.45, 7) is 1.53. The summed E-state index contributed by atoms with van der Waals surface area (Å²) in [7, 11) is 0. The molecule has 2 aromatic rings. The second-order valence-corrected chi connectivity index (χ2v) is 4.11. The third kappa shape index (κ3) is 2.68. The SMILES string of the molecule is Cc1n[nH]c(=S)n(/N=C/c2ccc(O)c(O)c2)c1=O. The number of phenolic OH excluding ortho intramolecular Hbond substituents is 2. The van der Waals surface area contributed by atoms with Crippen LogP contribution in [0, 0.1) is 11.7 Å². The van der Waals surface area contributed by atoms with Gasteiger partial charge in [-0.3, -0.25) is 9.89 Å². The maximum Gasteiger partial charge on any atom is 0.296 e. The van der Waals surface area contributed by atoms with Crippen molar-refractivity contribution in [2.45, 2.75) is 6.92 Å². The van der Waals surface area contributed by atoms with Crippen LogP contribution in [0.5, 0.6) is 11.5 Å². The van der Waals surface area contributed by atoms with E-state index < -0.39 is 5.56 Å². The van der Waals surface area contributed by atoms with Crippen molar-refractivity contribution in [1.82, 2.24) is 14.9 Å². The van der Waals surface area contributed by atoms with Gasteiger partial charge in [-0.25, -0.2) is 0 Å². The number of benzene rings is 1. The summed E-state index contributed by atoms with van der Waals surface area (Å²) >= 11 is 4.90. The molecule has 0 radical (unpaired) electrons. The Labute approximate surface area is 112 Å². The van der Waals surface area contributed by atoms with Gasteiger partial charge in [0, 0.05) is 0 Å². The number of rotatable bonds is 2. The van der Waals surface area contributed by atoms with E-state index in [4.69, 9.17) is 12.2 Å². The van der Waals surface area contributed by atoms with Gasteiger partial charge in [0.1, 0.15) is 5.69 Å². The Kier molecular flexibility index (Phi) is 3.43. The van der Waals surface area contributed by atoms with Crippen molar-refractivity contribution in [3.05, 3.63) is 44.6 Å². The minimum absolute atomic E-state index is 0.0647. The van der Waals surface area contributed by atoms with E-state index in [1.54, 1.807) is 0 Å². The summed E-state index contributed by atoms with van der Waals surface area (Å²) in [5.74, 6) is -0.501. The smallest absolute Gasteiger partial charge is 0.296 e.